The van der Waals surface area contributed by atoms with E-state index in [1.165, 1.54) is 24.3 Å². The van der Waals surface area contributed by atoms with Crippen LogP contribution in [0.1, 0.15) is 128 Å². The van der Waals surface area contributed by atoms with Crippen molar-refractivity contribution in [3.05, 3.63) is 18.2 Å². The van der Waals surface area contributed by atoms with Crippen LogP contribution in [0, 0.1) is 0 Å². The molecule has 0 aromatic carbocycles. The third-order valence-electron chi connectivity index (χ3n) is 15.7. The number of rotatable bonds is 51. The second-order valence-electron chi connectivity index (χ2n) is 24.2. The van der Waals surface area contributed by atoms with Crippen LogP contribution in [-0.2, 0) is 59.2 Å². The number of H-pyrrole nitrogens is 1. The Balaban J connectivity index is 2.70. The van der Waals surface area contributed by atoms with Crippen molar-refractivity contribution >= 4 is 94.8 Å². The molecule has 2 heterocycles. The van der Waals surface area contributed by atoms with E-state index in [2.05, 4.69) is 82.8 Å². The third-order valence-corrected chi connectivity index (χ3v) is 15.7. The SMILES string of the molecule is C[C@@H](O)[C@H](N)C(=O)N1CCC[C@H]1C(=O)N[C@@H](CCCN=C(N)N)C(=O)N[C@@H](Cc1cnc[nH]1)C(=O)N[C@@H](CCCN=C(N)N)C(=O)N[C@@H](CCCN=C(N)N)C(=O)N[C@@H](CCCN=C(N)N)C(=O)N[C@@H](CCCCN)C(=O)N[C@@H](CCCCN)C(=O)N[C@@H](CCCN=C(N)N)C(=O)NCC(=O)O. The van der Waals surface area contributed by atoms with Gasteiger partial charge in [0.15, 0.2) is 29.8 Å². The first kappa shape index (κ1) is 87.7. The van der Waals surface area contributed by atoms with Gasteiger partial charge >= 0.3 is 5.97 Å². The zero-order valence-corrected chi connectivity index (χ0v) is 57.8. The van der Waals surface area contributed by atoms with Gasteiger partial charge in [-0.25, -0.2) is 4.98 Å². The minimum absolute atomic E-state index is 0.0148. The maximum atomic E-state index is 14.9. The van der Waals surface area contributed by atoms with Gasteiger partial charge in [-0.05, 0) is 136 Å². The molecule has 1 aliphatic heterocycles. The fraction of sp³-hybridized carbons (Fsp3) is 0.678. The zero-order chi connectivity index (χ0) is 76.3. The van der Waals surface area contributed by atoms with Crippen LogP contribution in [0.15, 0.2) is 37.5 Å². The van der Waals surface area contributed by atoms with Gasteiger partial charge in [0.25, 0.3) is 0 Å². The lowest BCUT2D eigenvalue weighted by molar-refractivity contribution is -0.142. The largest absolute Gasteiger partial charge is 0.480 e. The molecule has 2 rings (SSSR count). The number of aromatic nitrogens is 2. The highest BCUT2D eigenvalue weighted by molar-refractivity contribution is 5.99. The van der Waals surface area contributed by atoms with E-state index >= 15 is 0 Å². The standard InChI is InChI=1S/C59H110N30O13/c1-32(90)44(62)54(102)89-27-11-19-42(89)53(101)87-40(18-10-26-78-59(71)72)51(99)88-41(28-33-29-73-31-80-33)52(100)86-39(17-9-25-77-58(69)70)50(98)85-38(16-8-24-76-57(67)68)49(97)84-37(15-7-23-75-56(65)66)48(96)83-36(13-3-5-21-61)47(95)82-35(12-2-4-20-60)46(94)81-34(14-6-22-74-55(63)64)45(93)79-30-43(91)92/h29,31-32,34-42,44,90H,2-28,30,60-62H2,1H3,(H,73,80)(H,79,93)(H,81,94)(H,82,95)(H,83,96)(H,84,97)(H,85,98)(H,86,100)(H,87,101)(H,88,99)(H,91,92)(H4,63,64,74)(H4,65,66,75)(H4,67,68,76)(H4,69,70,77)(H4,71,72,78)/t32-,34+,35+,36+,37+,38+,39+,40+,41+,42+,44+/m1/s1. The van der Waals surface area contributed by atoms with Gasteiger partial charge in [0.1, 0.15) is 67.0 Å². The number of aliphatic hydroxyl groups excluding tert-OH is 1. The molecule has 38 N–H and O–H groups in total. The van der Waals surface area contributed by atoms with Gasteiger partial charge in [-0.15, -0.1) is 0 Å². The summed E-state index contributed by atoms with van der Waals surface area (Å²) in [5.41, 5.74) is 73.6. The topological polar surface area (TPSA) is 768 Å². The molecule has 102 heavy (non-hydrogen) atoms. The molecular weight excluding hydrogens is 1340 g/mol. The van der Waals surface area contributed by atoms with Gasteiger partial charge in [-0.2, -0.15) is 0 Å². The Morgan fingerprint density at radius 2 is 0.804 bits per heavy atom. The molecule has 43 nitrogen and oxygen atoms in total. The number of imidazole rings is 1. The number of carbonyl (C=O) groups excluding carboxylic acids is 10. The average Bonchev–Trinajstić information content (AvgIpc) is 1.62. The van der Waals surface area contributed by atoms with Crippen LogP contribution in [0.2, 0.25) is 0 Å². The van der Waals surface area contributed by atoms with Crippen LogP contribution < -0.4 is 122 Å². The van der Waals surface area contributed by atoms with Crippen molar-refractivity contribution in [2.45, 2.75) is 195 Å². The molecule has 0 spiro atoms. The monoisotopic (exact) mass is 1450 g/mol. The molecular formula is C59H110N30O13. The summed E-state index contributed by atoms with van der Waals surface area (Å²) in [4.78, 5) is 182. The Morgan fingerprint density at radius 1 is 0.490 bits per heavy atom. The van der Waals surface area contributed by atoms with Crippen molar-refractivity contribution in [2.75, 3.05) is 58.9 Å². The van der Waals surface area contributed by atoms with Crippen molar-refractivity contribution in [2.24, 2.45) is 99.5 Å². The number of carboxylic acids is 1. The number of carbonyl (C=O) groups is 11. The number of nitrogens with zero attached hydrogens (tertiary/aromatic N) is 7. The summed E-state index contributed by atoms with van der Waals surface area (Å²) in [6.45, 7) is 0.978. The first-order valence-corrected chi connectivity index (χ1v) is 33.7. The number of carboxylic acid groups (broad SMARTS) is 1. The van der Waals surface area contributed by atoms with E-state index in [1.807, 2.05) is 0 Å². The highest BCUT2D eigenvalue weighted by Crippen LogP contribution is 2.20. The molecule has 0 radical (unpaired) electrons. The maximum absolute atomic E-state index is 14.9. The summed E-state index contributed by atoms with van der Waals surface area (Å²) in [6, 6.07) is -14.1. The van der Waals surface area contributed by atoms with Crippen LogP contribution in [-0.4, -0.2) is 245 Å². The van der Waals surface area contributed by atoms with Crippen molar-refractivity contribution in [3.63, 3.8) is 0 Å². The summed E-state index contributed by atoms with van der Waals surface area (Å²) in [7, 11) is 0. The molecule has 1 saturated heterocycles. The lowest BCUT2D eigenvalue weighted by atomic mass is 10.0. The zero-order valence-electron chi connectivity index (χ0n) is 57.8. The van der Waals surface area contributed by atoms with Crippen LogP contribution in [0.4, 0.5) is 0 Å². The van der Waals surface area contributed by atoms with Gasteiger partial charge in [0.05, 0.1) is 12.4 Å². The number of nitrogens with one attached hydrogen (secondary N) is 10. The third kappa shape index (κ3) is 35.6. The minimum Gasteiger partial charge on any atom is -0.480 e. The number of aliphatic carboxylic acids is 1. The number of amides is 10. The Bertz CT molecular complexity index is 2990. The molecule has 43 heteroatoms. The van der Waals surface area contributed by atoms with Crippen LogP contribution in [0.5, 0.6) is 0 Å². The highest BCUT2D eigenvalue weighted by atomic mass is 16.4. The van der Waals surface area contributed by atoms with Gasteiger partial charge in [-0.1, -0.05) is 0 Å². The van der Waals surface area contributed by atoms with Gasteiger partial charge in [-0.3, -0.25) is 77.7 Å². The number of likely N-dealkylation sites (tertiary alicyclic amines) is 1. The second-order valence-corrected chi connectivity index (χ2v) is 24.2. The average molecular weight is 1450 g/mol. The molecule has 0 saturated carbocycles. The number of unbranched alkanes of at least 4 members (excludes halogenated alkanes) is 2. The molecule has 10 amide bonds. The molecule has 11 atom stereocenters. The normalized spacial score (nSPS) is 15.3. The van der Waals surface area contributed by atoms with E-state index in [0.717, 1.165) is 0 Å². The summed E-state index contributed by atoms with van der Waals surface area (Å²) >= 11 is 0. The first-order chi connectivity index (χ1) is 48.4. The van der Waals surface area contributed by atoms with Gasteiger partial charge in [0.2, 0.25) is 59.1 Å². The van der Waals surface area contributed by atoms with E-state index < -0.39 is 138 Å². The maximum Gasteiger partial charge on any atom is 0.322 e. The summed E-state index contributed by atoms with van der Waals surface area (Å²) < 4.78 is 0. The van der Waals surface area contributed by atoms with Crippen molar-refractivity contribution in [1.29, 1.82) is 0 Å². The fourth-order valence-corrected chi connectivity index (χ4v) is 10.4. The fourth-order valence-electron chi connectivity index (χ4n) is 10.4. The molecule has 1 aromatic rings. The van der Waals surface area contributed by atoms with E-state index in [4.69, 9.17) is 74.5 Å². The predicted molar refractivity (Wildman–Crippen MR) is 378 cm³/mol. The Labute approximate surface area is 590 Å². The lowest BCUT2D eigenvalue weighted by Crippen LogP contribution is -2.61. The van der Waals surface area contributed by atoms with Crippen molar-refractivity contribution < 1.29 is 63.0 Å². The Kier molecular flexibility index (Phi) is 41.6. The van der Waals surface area contributed by atoms with E-state index in [-0.39, 0.29) is 178 Å². The number of guanidine groups is 5. The number of nitrogens with two attached hydrogens (primary N) is 13. The lowest BCUT2D eigenvalue weighted by Gasteiger charge is -2.30. The van der Waals surface area contributed by atoms with Crippen LogP contribution in [0.25, 0.3) is 0 Å². The van der Waals surface area contributed by atoms with Gasteiger partial charge in [0, 0.05) is 57.6 Å². The minimum atomic E-state index is -1.55. The molecule has 1 aliphatic rings. The molecule has 0 bridgehead atoms. The molecule has 574 valence electrons. The van der Waals surface area contributed by atoms with E-state index in [9.17, 15) is 63.0 Å². The summed E-state index contributed by atoms with van der Waals surface area (Å²) in [5, 5.41) is 42.9. The predicted octanol–water partition coefficient (Wildman–Crippen LogP) is -10.7. The Hall–Kier alpha value is -10.4. The number of hydrogen-bond donors (Lipinski definition) is 25. The smallest absolute Gasteiger partial charge is 0.322 e. The summed E-state index contributed by atoms with van der Waals surface area (Å²) in [5.74, 6) is -11.4. The van der Waals surface area contributed by atoms with Gasteiger partial charge < -0.3 is 142 Å². The quantitative estimate of drug-likeness (QED) is 0.0164. The summed E-state index contributed by atoms with van der Waals surface area (Å²) in [6.07, 6.45) is 2.66. The molecule has 1 fully saturated rings. The van der Waals surface area contributed by atoms with Crippen LogP contribution >= 0.6 is 0 Å². The molecule has 1 aromatic heterocycles. The highest BCUT2D eigenvalue weighted by Gasteiger charge is 2.40. The number of hydrogen-bond acceptors (Lipinski definition) is 21. The number of aliphatic hydroxyl groups is 1. The second kappa shape index (κ2) is 48.4. The van der Waals surface area contributed by atoms with Crippen molar-refractivity contribution in [1.82, 2.24) is 62.7 Å². The molecule has 0 unspecified atom stereocenters. The Morgan fingerprint density at radius 3 is 1.11 bits per heavy atom. The van der Waals surface area contributed by atoms with Crippen LogP contribution in [0.3, 0.4) is 0 Å². The van der Waals surface area contributed by atoms with E-state index in [0.29, 0.717) is 31.4 Å². The van der Waals surface area contributed by atoms with E-state index in [1.54, 1.807) is 0 Å². The van der Waals surface area contributed by atoms with Crippen molar-refractivity contribution in [3.8, 4) is 0 Å². The molecule has 0 aliphatic carbocycles. The number of aromatic amines is 1. The number of aliphatic imine (C=N–C) groups is 5. The first-order valence-electron chi connectivity index (χ1n) is 33.7.